The Bertz CT molecular complexity index is 514. The summed E-state index contributed by atoms with van der Waals surface area (Å²) in [6, 6.07) is 0.912. The van der Waals surface area contributed by atoms with Crippen LogP contribution in [0, 0.1) is 0 Å². The Morgan fingerprint density at radius 2 is 1.73 bits per heavy atom. The van der Waals surface area contributed by atoms with Crippen molar-refractivity contribution in [2.75, 3.05) is 13.2 Å². The van der Waals surface area contributed by atoms with Crippen LogP contribution in [0.15, 0.2) is 19.0 Å². The Labute approximate surface area is 166 Å². The van der Waals surface area contributed by atoms with Crippen LogP contribution >= 0.6 is 0 Å². The molecule has 0 aliphatic carbocycles. The second-order valence-corrected chi connectivity index (χ2v) is 10.4. The van der Waals surface area contributed by atoms with Crippen LogP contribution in [0.2, 0.25) is 0 Å². The van der Waals surface area contributed by atoms with Crippen LogP contribution < -0.4 is 0 Å². The topological polar surface area (TPSA) is 103 Å². The van der Waals surface area contributed by atoms with Crippen LogP contribution in [-0.2, 0) is 9.47 Å². The van der Waals surface area contributed by atoms with Gasteiger partial charge in [-0.15, -0.1) is 0 Å². The molecule has 7 nitrogen and oxygen atoms in total. The van der Waals surface area contributed by atoms with Crippen molar-refractivity contribution in [3.8, 4) is 0 Å². The van der Waals surface area contributed by atoms with Gasteiger partial charge in [-0.25, -0.2) is 0 Å². The molecule has 0 aromatic carbocycles. The van der Waals surface area contributed by atoms with Gasteiger partial charge in [0.1, 0.15) is 0 Å². The van der Waals surface area contributed by atoms with Crippen LogP contribution in [0.3, 0.4) is 0 Å². The number of ether oxygens (including phenoxy) is 2. The molecular weight excluding hydrogens is 441 g/mol. The van der Waals surface area contributed by atoms with Crippen molar-refractivity contribution in [1.82, 2.24) is 4.90 Å². The molecule has 1 fully saturated rings. The molecule has 0 aromatic rings. The monoisotopic (exact) mass is 472 g/mol. The molecule has 5 unspecified atom stereocenters. The van der Waals surface area contributed by atoms with Crippen LogP contribution in [0.5, 0.6) is 0 Å². The summed E-state index contributed by atoms with van der Waals surface area (Å²) in [5.74, 6) is 0.711. The molecule has 1 radical (unpaired) electrons. The zero-order chi connectivity index (χ0) is 19.4. The Hall–Kier alpha value is -0.0899. The number of rotatable bonds is 8. The third-order valence-corrected chi connectivity index (χ3v) is 8.03. The summed E-state index contributed by atoms with van der Waals surface area (Å²) in [4.78, 5) is 2.41. The first-order chi connectivity index (χ1) is 12.3. The second kappa shape index (κ2) is 9.91. The minimum absolute atomic E-state index is 0.456. The van der Waals surface area contributed by atoms with E-state index in [-0.39, 0.29) is 0 Å². The quantitative estimate of drug-likeness (QED) is 0.387. The Morgan fingerprint density at radius 3 is 2.31 bits per heavy atom. The van der Waals surface area contributed by atoms with E-state index in [0.717, 1.165) is 18.5 Å². The van der Waals surface area contributed by atoms with E-state index in [1.807, 2.05) is 0 Å². The summed E-state index contributed by atoms with van der Waals surface area (Å²) in [7, 11) is 0. The summed E-state index contributed by atoms with van der Waals surface area (Å²) in [5.41, 5.74) is 1.12. The van der Waals surface area contributed by atoms with Gasteiger partial charge in [-0.05, 0) is 0 Å². The Balaban J connectivity index is 1.97. The number of nitrogens with zero attached hydrogens (tertiary/aromatic N) is 1. The first-order valence-corrected chi connectivity index (χ1v) is 13.0. The molecule has 147 valence electrons. The van der Waals surface area contributed by atoms with E-state index < -0.39 is 60.2 Å². The molecule has 2 aliphatic heterocycles. The van der Waals surface area contributed by atoms with Crippen LogP contribution in [0.1, 0.15) is 34.1 Å². The van der Waals surface area contributed by atoms with Crippen molar-refractivity contribution in [1.29, 1.82) is 0 Å². The van der Waals surface area contributed by atoms with E-state index in [9.17, 15) is 20.4 Å². The molecule has 0 bridgehead atoms. The van der Waals surface area contributed by atoms with E-state index >= 15 is 0 Å². The van der Waals surface area contributed by atoms with Gasteiger partial charge >= 0.3 is 167 Å². The van der Waals surface area contributed by atoms with Gasteiger partial charge < -0.3 is 0 Å². The van der Waals surface area contributed by atoms with Crippen molar-refractivity contribution in [3.63, 3.8) is 0 Å². The van der Waals surface area contributed by atoms with Gasteiger partial charge in [0.05, 0.1) is 0 Å². The third-order valence-electron chi connectivity index (χ3n) is 4.92. The molecule has 2 aliphatic rings. The van der Waals surface area contributed by atoms with Gasteiger partial charge in [0.2, 0.25) is 0 Å². The SMILES string of the molecule is CC(C)N(CCC1=[CH][In][CH]=C1OC1OC(CO)C(O)C(O)C1O)C(C)C. The van der Waals surface area contributed by atoms with Crippen LogP contribution in [0.25, 0.3) is 0 Å². The third kappa shape index (κ3) is 5.25. The van der Waals surface area contributed by atoms with Crippen molar-refractivity contribution in [2.45, 2.75) is 76.9 Å². The van der Waals surface area contributed by atoms with E-state index in [4.69, 9.17) is 9.47 Å². The second-order valence-electron chi connectivity index (χ2n) is 7.41. The zero-order valence-corrected chi connectivity index (χ0v) is 19.2. The summed E-state index contributed by atoms with van der Waals surface area (Å²) >= 11 is -0.966. The first-order valence-electron chi connectivity index (χ1n) is 9.23. The molecule has 1 saturated heterocycles. The first kappa shape index (κ1) is 22.2. The summed E-state index contributed by atoms with van der Waals surface area (Å²) in [5, 5.41) is 39.2. The predicted molar refractivity (Wildman–Crippen MR) is 98.4 cm³/mol. The number of hydrogen-bond acceptors (Lipinski definition) is 7. The van der Waals surface area contributed by atoms with Crippen molar-refractivity contribution in [2.24, 2.45) is 0 Å². The summed E-state index contributed by atoms with van der Waals surface area (Å²) in [6.45, 7) is 9.19. The van der Waals surface area contributed by atoms with E-state index in [0.29, 0.717) is 17.8 Å². The fourth-order valence-electron chi connectivity index (χ4n) is 3.41. The average Bonchev–Trinajstić information content (AvgIpc) is 3.02. The molecule has 26 heavy (non-hydrogen) atoms. The molecule has 0 spiro atoms. The molecule has 0 aromatic heterocycles. The molecular formula is C18H31InNO6. The van der Waals surface area contributed by atoms with E-state index in [1.165, 1.54) is 0 Å². The minimum atomic E-state index is -1.42. The number of allylic oxidation sites excluding steroid dienone is 1. The normalized spacial score (nSPS) is 32.0. The fraction of sp³-hybridized carbons (Fsp3) is 0.778. The number of aliphatic hydroxyl groups excluding tert-OH is 4. The standard InChI is InChI=1S/C18H31NO6.In/c1-10(2)19(11(3)4)8-7-12(5)13(6)24-18-17(23)16(22)15(21)14(9-20)25-18;/h5-6,10-11,14-18,20-23H,7-9H2,1-4H3;. The van der Waals surface area contributed by atoms with Gasteiger partial charge in [0.15, 0.2) is 0 Å². The maximum absolute atomic E-state index is 10.2. The average molecular weight is 472 g/mol. The summed E-state index contributed by atoms with van der Waals surface area (Å²) in [6.07, 6.45) is -5.36. The van der Waals surface area contributed by atoms with E-state index in [1.54, 1.807) is 0 Å². The van der Waals surface area contributed by atoms with Gasteiger partial charge in [-0.1, -0.05) is 0 Å². The Morgan fingerprint density at radius 1 is 1.08 bits per heavy atom. The molecule has 2 heterocycles. The van der Waals surface area contributed by atoms with Crippen LogP contribution in [-0.4, -0.2) is 104 Å². The van der Waals surface area contributed by atoms with E-state index in [2.05, 4.69) is 40.3 Å². The van der Waals surface area contributed by atoms with Gasteiger partial charge in [0.25, 0.3) is 0 Å². The molecule has 0 amide bonds. The van der Waals surface area contributed by atoms with Gasteiger partial charge in [0, 0.05) is 0 Å². The summed E-state index contributed by atoms with van der Waals surface area (Å²) < 4.78 is 15.7. The molecule has 4 N–H and O–H groups in total. The molecule has 2 rings (SSSR count). The predicted octanol–water partition coefficient (Wildman–Crippen LogP) is -0.245. The zero-order valence-electron chi connectivity index (χ0n) is 15.9. The van der Waals surface area contributed by atoms with Gasteiger partial charge in [-0.3, -0.25) is 0 Å². The Kier molecular flexibility index (Phi) is 8.46. The van der Waals surface area contributed by atoms with Crippen molar-refractivity contribution < 1.29 is 29.9 Å². The fourth-order valence-corrected chi connectivity index (χ4v) is 6.63. The van der Waals surface area contributed by atoms with Gasteiger partial charge in [-0.2, -0.15) is 0 Å². The maximum atomic E-state index is 10.2. The number of aliphatic hydroxyl groups is 4. The molecule has 0 saturated carbocycles. The molecule has 5 atom stereocenters. The van der Waals surface area contributed by atoms with Crippen molar-refractivity contribution >= 4 is 22.9 Å². The molecule has 8 heteroatoms. The number of hydrogen-bond donors (Lipinski definition) is 4. The van der Waals surface area contributed by atoms with Crippen LogP contribution in [0.4, 0.5) is 0 Å². The van der Waals surface area contributed by atoms with Crippen molar-refractivity contribution in [3.05, 3.63) is 19.0 Å².